The molecule has 1 aromatic heterocycles. The first kappa shape index (κ1) is 23.5. The summed E-state index contributed by atoms with van der Waals surface area (Å²) >= 11 is 0. The number of nitrogens with one attached hydrogen (secondary N) is 1. The van der Waals surface area contributed by atoms with E-state index in [0.717, 1.165) is 16.9 Å². The summed E-state index contributed by atoms with van der Waals surface area (Å²) < 4.78 is 43.0. The van der Waals surface area contributed by atoms with Crippen LogP contribution in [0.1, 0.15) is 29.7 Å². The Bertz CT molecular complexity index is 1170. The number of carbonyl (C=O) groups excluding carboxylic acids is 1. The fraction of sp³-hybridized carbons (Fsp3) is 0.304. The molecule has 0 radical (unpaired) electrons. The zero-order chi connectivity index (χ0) is 23.1. The van der Waals surface area contributed by atoms with Crippen LogP contribution in [0.15, 0.2) is 57.9 Å². The Morgan fingerprint density at radius 2 is 1.84 bits per heavy atom. The van der Waals surface area contributed by atoms with Crippen LogP contribution >= 0.6 is 0 Å². The molecule has 0 bridgehead atoms. The Labute approximate surface area is 187 Å². The lowest BCUT2D eigenvalue weighted by molar-refractivity contribution is -0.145. The number of aromatic nitrogens is 1. The summed E-state index contributed by atoms with van der Waals surface area (Å²) in [5.41, 5.74) is 3.01. The van der Waals surface area contributed by atoms with Gasteiger partial charge in [0, 0.05) is 24.6 Å². The van der Waals surface area contributed by atoms with Crippen LogP contribution in [-0.4, -0.2) is 33.2 Å². The average Bonchev–Trinajstić information content (AvgIpc) is 3.26. The summed E-state index contributed by atoms with van der Waals surface area (Å²) in [5.74, 6) is 0.709. The Balaban J connectivity index is 1.43. The molecular weight excluding hydrogens is 432 g/mol. The van der Waals surface area contributed by atoms with Crippen LogP contribution in [0.25, 0.3) is 11.3 Å². The summed E-state index contributed by atoms with van der Waals surface area (Å²) in [4.78, 5) is 12.2. The Morgan fingerprint density at radius 3 is 2.56 bits per heavy atom. The van der Waals surface area contributed by atoms with Crippen molar-refractivity contribution in [3.05, 3.63) is 65.4 Å². The predicted molar refractivity (Wildman–Crippen MR) is 119 cm³/mol. The highest BCUT2D eigenvalue weighted by Crippen LogP contribution is 2.22. The molecule has 8 nitrogen and oxygen atoms in total. The van der Waals surface area contributed by atoms with Gasteiger partial charge in [-0.2, -0.15) is 0 Å². The van der Waals surface area contributed by atoms with Gasteiger partial charge in [-0.25, -0.2) is 13.1 Å². The molecule has 9 heteroatoms. The molecule has 0 unspecified atom stereocenters. The van der Waals surface area contributed by atoms with Crippen LogP contribution < -0.4 is 9.46 Å². The van der Waals surface area contributed by atoms with E-state index in [0.29, 0.717) is 23.4 Å². The number of nitrogens with zero attached hydrogens (tertiary/aromatic N) is 1. The number of rotatable bonds is 10. The van der Waals surface area contributed by atoms with Gasteiger partial charge in [-0.15, -0.1) is 0 Å². The van der Waals surface area contributed by atoms with Gasteiger partial charge >= 0.3 is 5.97 Å². The molecule has 0 aliphatic carbocycles. The molecule has 0 aliphatic heterocycles. The molecule has 0 saturated carbocycles. The van der Waals surface area contributed by atoms with E-state index in [1.54, 1.807) is 32.2 Å². The molecule has 0 spiro atoms. The normalized spacial score (nSPS) is 11.3. The third kappa shape index (κ3) is 6.18. The lowest BCUT2D eigenvalue weighted by atomic mass is 10.1. The van der Waals surface area contributed by atoms with Crippen molar-refractivity contribution in [1.29, 1.82) is 0 Å². The minimum atomic E-state index is -3.63. The third-order valence-electron chi connectivity index (χ3n) is 4.80. The largest absolute Gasteiger partial charge is 0.497 e. The van der Waals surface area contributed by atoms with E-state index >= 15 is 0 Å². The second kappa shape index (κ2) is 10.4. The number of methoxy groups -OCH3 is 1. The number of benzene rings is 2. The molecule has 3 aromatic rings. The van der Waals surface area contributed by atoms with Gasteiger partial charge in [-0.1, -0.05) is 17.3 Å². The van der Waals surface area contributed by atoms with E-state index in [-0.39, 0.29) is 24.5 Å². The van der Waals surface area contributed by atoms with Crippen molar-refractivity contribution < 1.29 is 27.2 Å². The highest BCUT2D eigenvalue weighted by atomic mass is 32.2. The van der Waals surface area contributed by atoms with Crippen LogP contribution in [0.5, 0.6) is 5.75 Å². The number of hydrogen-bond acceptors (Lipinski definition) is 7. The van der Waals surface area contributed by atoms with Crippen molar-refractivity contribution >= 4 is 16.0 Å². The SMILES string of the molecule is COc1ccc(-c2cc(COC(=O)CCCNS(=O)(=O)c3cc(C)ccc3C)on2)cc1. The van der Waals surface area contributed by atoms with E-state index in [1.807, 2.05) is 37.3 Å². The fourth-order valence-electron chi connectivity index (χ4n) is 3.02. The van der Waals surface area contributed by atoms with Gasteiger partial charge in [0.05, 0.1) is 12.0 Å². The maximum atomic E-state index is 12.5. The third-order valence-corrected chi connectivity index (χ3v) is 6.41. The molecule has 0 aliphatic rings. The summed E-state index contributed by atoms with van der Waals surface area (Å²) in [6.45, 7) is 3.67. The smallest absolute Gasteiger partial charge is 0.306 e. The van der Waals surface area contributed by atoms with Crippen molar-refractivity contribution in [3.8, 4) is 17.0 Å². The van der Waals surface area contributed by atoms with Crippen LogP contribution in [0.4, 0.5) is 0 Å². The van der Waals surface area contributed by atoms with Gasteiger partial charge in [0.1, 0.15) is 11.4 Å². The van der Waals surface area contributed by atoms with Gasteiger partial charge in [-0.3, -0.25) is 4.79 Å². The van der Waals surface area contributed by atoms with E-state index < -0.39 is 16.0 Å². The first-order valence-corrected chi connectivity index (χ1v) is 11.6. The van der Waals surface area contributed by atoms with Gasteiger partial charge in [0.2, 0.25) is 10.0 Å². The van der Waals surface area contributed by atoms with Crippen LogP contribution in [-0.2, 0) is 26.2 Å². The van der Waals surface area contributed by atoms with Crippen LogP contribution in [0.3, 0.4) is 0 Å². The Morgan fingerprint density at radius 1 is 1.09 bits per heavy atom. The number of aryl methyl sites for hydroxylation is 2. The number of carbonyl (C=O) groups is 1. The predicted octanol–water partition coefficient (Wildman–Crippen LogP) is 3.77. The zero-order valence-electron chi connectivity index (χ0n) is 18.3. The van der Waals surface area contributed by atoms with E-state index in [4.69, 9.17) is 14.0 Å². The zero-order valence-corrected chi connectivity index (χ0v) is 19.1. The van der Waals surface area contributed by atoms with Crippen LogP contribution in [0, 0.1) is 13.8 Å². The number of sulfonamides is 1. The molecule has 3 rings (SSSR count). The number of hydrogen-bond donors (Lipinski definition) is 1. The van der Waals surface area contributed by atoms with Crippen LogP contribution in [0.2, 0.25) is 0 Å². The maximum Gasteiger partial charge on any atom is 0.306 e. The molecule has 2 aromatic carbocycles. The van der Waals surface area contributed by atoms with Gasteiger partial charge in [0.25, 0.3) is 0 Å². The second-order valence-corrected chi connectivity index (χ2v) is 9.07. The lowest BCUT2D eigenvalue weighted by Crippen LogP contribution is -2.26. The fourth-order valence-corrected chi connectivity index (χ4v) is 4.42. The second-order valence-electron chi connectivity index (χ2n) is 7.34. The number of esters is 1. The molecule has 0 atom stereocenters. The average molecular weight is 459 g/mol. The van der Waals surface area contributed by atoms with Gasteiger partial charge in [-0.05, 0) is 61.7 Å². The van der Waals surface area contributed by atoms with E-state index in [2.05, 4.69) is 9.88 Å². The van der Waals surface area contributed by atoms with Gasteiger partial charge < -0.3 is 14.0 Å². The summed E-state index contributed by atoms with van der Waals surface area (Å²) in [5, 5.41) is 3.98. The van der Waals surface area contributed by atoms with Gasteiger partial charge in [0.15, 0.2) is 12.4 Å². The monoisotopic (exact) mass is 458 g/mol. The summed E-state index contributed by atoms with van der Waals surface area (Å²) in [6.07, 6.45) is 0.394. The Hall–Kier alpha value is -3.17. The highest BCUT2D eigenvalue weighted by molar-refractivity contribution is 7.89. The maximum absolute atomic E-state index is 12.5. The van der Waals surface area contributed by atoms with E-state index in [9.17, 15) is 13.2 Å². The van der Waals surface area contributed by atoms with Crippen molar-refractivity contribution in [3.63, 3.8) is 0 Å². The van der Waals surface area contributed by atoms with Crippen molar-refractivity contribution in [2.45, 2.75) is 38.2 Å². The standard InChI is InChI=1S/C23H26N2O6S/c1-16-6-7-17(2)22(13-16)32(27,28)24-12-4-5-23(26)30-15-20-14-21(25-31-20)18-8-10-19(29-3)11-9-18/h6-11,13-14,24H,4-5,12,15H2,1-3H3. The van der Waals surface area contributed by atoms with E-state index in [1.165, 1.54) is 0 Å². The highest BCUT2D eigenvalue weighted by Gasteiger charge is 2.17. The molecule has 170 valence electrons. The molecule has 0 amide bonds. The molecule has 0 fully saturated rings. The minimum Gasteiger partial charge on any atom is -0.497 e. The van der Waals surface area contributed by atoms with Crippen molar-refractivity contribution in [1.82, 2.24) is 9.88 Å². The molecule has 1 N–H and O–H groups in total. The lowest BCUT2D eigenvalue weighted by Gasteiger charge is -2.10. The summed E-state index contributed by atoms with van der Waals surface area (Å²) in [7, 11) is -2.03. The molecular formula is C23H26N2O6S. The molecule has 32 heavy (non-hydrogen) atoms. The first-order chi connectivity index (χ1) is 15.3. The summed E-state index contributed by atoms with van der Waals surface area (Å²) in [6, 6.07) is 14.3. The minimum absolute atomic E-state index is 0.0454. The molecule has 0 saturated heterocycles. The number of ether oxygens (including phenoxy) is 2. The van der Waals surface area contributed by atoms with Crippen molar-refractivity contribution in [2.75, 3.05) is 13.7 Å². The first-order valence-electron chi connectivity index (χ1n) is 10.1. The molecule has 1 heterocycles. The quantitative estimate of drug-likeness (QED) is 0.364. The Kier molecular flexibility index (Phi) is 7.66. The van der Waals surface area contributed by atoms with Crippen molar-refractivity contribution in [2.24, 2.45) is 0 Å². The topological polar surface area (TPSA) is 108 Å².